The monoisotopic (exact) mass is 418 g/mol. The number of aryl methyl sites for hydroxylation is 1. The van der Waals surface area contributed by atoms with Gasteiger partial charge in [0.15, 0.2) is 10.9 Å². The molecule has 0 unspecified atom stereocenters. The molecule has 30 heavy (non-hydrogen) atoms. The molecule has 7 heteroatoms. The summed E-state index contributed by atoms with van der Waals surface area (Å²) in [7, 11) is 0. The fraction of sp³-hybridized carbons (Fsp3) is 0.174. The second-order valence-electron chi connectivity index (χ2n) is 6.97. The van der Waals surface area contributed by atoms with Crippen LogP contribution in [0.4, 0.5) is 5.69 Å². The van der Waals surface area contributed by atoms with E-state index in [4.69, 9.17) is 4.42 Å². The minimum Gasteiger partial charge on any atom is -0.461 e. The highest BCUT2D eigenvalue weighted by Crippen LogP contribution is 2.28. The van der Waals surface area contributed by atoms with Gasteiger partial charge in [-0.2, -0.15) is 0 Å². The van der Waals surface area contributed by atoms with Crippen molar-refractivity contribution in [3.8, 4) is 11.6 Å². The number of hydrogen-bond donors (Lipinski definition) is 1. The third kappa shape index (κ3) is 4.63. The first-order chi connectivity index (χ1) is 14.6. The van der Waals surface area contributed by atoms with Crippen molar-refractivity contribution in [3.63, 3.8) is 0 Å². The number of furan rings is 1. The second kappa shape index (κ2) is 9.00. The molecule has 1 amide bonds. The molecule has 0 aliphatic heterocycles. The Balaban J connectivity index is 1.56. The van der Waals surface area contributed by atoms with Crippen LogP contribution in [0.3, 0.4) is 0 Å². The van der Waals surface area contributed by atoms with E-state index in [0.717, 1.165) is 16.8 Å². The van der Waals surface area contributed by atoms with Crippen LogP contribution in [0.25, 0.3) is 11.6 Å². The summed E-state index contributed by atoms with van der Waals surface area (Å²) in [5, 5.41) is 12.0. The topological polar surface area (TPSA) is 73.0 Å². The number of nitrogens with zero attached hydrogens (tertiary/aromatic N) is 3. The molecule has 2 heterocycles. The van der Waals surface area contributed by atoms with Crippen LogP contribution in [-0.2, 0) is 11.3 Å². The number of nitrogens with one attached hydrogen (secondary N) is 1. The minimum atomic E-state index is -0.353. The van der Waals surface area contributed by atoms with Gasteiger partial charge in [-0.05, 0) is 49.2 Å². The fourth-order valence-electron chi connectivity index (χ4n) is 3.05. The van der Waals surface area contributed by atoms with Gasteiger partial charge in [0.1, 0.15) is 0 Å². The van der Waals surface area contributed by atoms with Crippen LogP contribution in [-0.4, -0.2) is 25.9 Å². The second-order valence-corrected chi connectivity index (χ2v) is 8.28. The summed E-state index contributed by atoms with van der Waals surface area (Å²) < 4.78 is 7.52. The molecular weight excluding hydrogens is 396 g/mol. The van der Waals surface area contributed by atoms with Crippen molar-refractivity contribution in [3.05, 3.63) is 84.1 Å². The van der Waals surface area contributed by atoms with Gasteiger partial charge >= 0.3 is 0 Å². The quantitative estimate of drug-likeness (QED) is 0.427. The molecular formula is C23H22N4O2S. The van der Waals surface area contributed by atoms with Crippen LogP contribution >= 0.6 is 11.8 Å². The Morgan fingerprint density at radius 3 is 2.67 bits per heavy atom. The van der Waals surface area contributed by atoms with Gasteiger partial charge in [-0.15, -0.1) is 10.2 Å². The maximum absolute atomic E-state index is 12.7. The van der Waals surface area contributed by atoms with Crippen LogP contribution in [0.15, 0.2) is 82.6 Å². The molecule has 0 saturated heterocycles. The molecule has 0 saturated carbocycles. The molecule has 6 nitrogen and oxygen atoms in total. The number of amides is 1. The third-order valence-electron chi connectivity index (χ3n) is 4.58. The van der Waals surface area contributed by atoms with Gasteiger partial charge < -0.3 is 9.73 Å². The molecule has 0 spiro atoms. The Labute approximate surface area is 179 Å². The number of benzene rings is 2. The molecule has 0 bridgehead atoms. The highest BCUT2D eigenvalue weighted by molar-refractivity contribution is 8.00. The van der Waals surface area contributed by atoms with Crippen LogP contribution < -0.4 is 5.32 Å². The van der Waals surface area contributed by atoms with Gasteiger partial charge in [-0.25, -0.2) is 0 Å². The first kappa shape index (κ1) is 20.0. The summed E-state index contributed by atoms with van der Waals surface area (Å²) in [6, 6.07) is 21.5. The summed E-state index contributed by atoms with van der Waals surface area (Å²) in [4.78, 5) is 12.7. The maximum Gasteiger partial charge on any atom is 0.237 e. The van der Waals surface area contributed by atoms with Crippen molar-refractivity contribution in [2.75, 3.05) is 5.32 Å². The largest absolute Gasteiger partial charge is 0.461 e. The maximum atomic E-state index is 12.7. The summed E-state index contributed by atoms with van der Waals surface area (Å²) >= 11 is 1.37. The van der Waals surface area contributed by atoms with E-state index in [9.17, 15) is 4.79 Å². The molecule has 1 N–H and O–H groups in total. The molecule has 0 aliphatic carbocycles. The summed E-state index contributed by atoms with van der Waals surface area (Å²) in [6.07, 6.45) is 1.61. The number of carbonyl (C=O) groups excluding carboxylic acids is 1. The van der Waals surface area contributed by atoms with E-state index in [1.807, 2.05) is 85.1 Å². The van der Waals surface area contributed by atoms with Crippen LogP contribution in [0, 0.1) is 6.92 Å². The van der Waals surface area contributed by atoms with Crippen molar-refractivity contribution in [1.82, 2.24) is 14.8 Å². The van der Waals surface area contributed by atoms with E-state index in [-0.39, 0.29) is 11.2 Å². The summed E-state index contributed by atoms with van der Waals surface area (Å²) in [5.74, 6) is 1.19. The molecule has 1 atom stereocenters. The molecule has 2 aromatic carbocycles. The Hall–Kier alpha value is -3.32. The number of carbonyl (C=O) groups is 1. The van der Waals surface area contributed by atoms with Gasteiger partial charge in [0.05, 0.1) is 18.1 Å². The van der Waals surface area contributed by atoms with Crippen molar-refractivity contribution in [2.45, 2.75) is 30.8 Å². The molecule has 2 aromatic heterocycles. The van der Waals surface area contributed by atoms with E-state index < -0.39 is 0 Å². The zero-order valence-electron chi connectivity index (χ0n) is 16.8. The Morgan fingerprint density at radius 2 is 1.93 bits per heavy atom. The number of anilines is 1. The first-order valence-electron chi connectivity index (χ1n) is 9.65. The van der Waals surface area contributed by atoms with Crippen LogP contribution in [0.1, 0.15) is 18.1 Å². The molecule has 0 fully saturated rings. The predicted molar refractivity (Wildman–Crippen MR) is 118 cm³/mol. The smallest absolute Gasteiger partial charge is 0.237 e. The Morgan fingerprint density at radius 1 is 1.10 bits per heavy atom. The number of hydrogen-bond acceptors (Lipinski definition) is 5. The van der Waals surface area contributed by atoms with E-state index >= 15 is 0 Å². The molecule has 4 rings (SSSR count). The number of aromatic nitrogens is 3. The van der Waals surface area contributed by atoms with E-state index in [1.54, 1.807) is 6.26 Å². The lowest BCUT2D eigenvalue weighted by Gasteiger charge is -2.14. The van der Waals surface area contributed by atoms with E-state index in [2.05, 4.69) is 15.5 Å². The van der Waals surface area contributed by atoms with Crippen molar-refractivity contribution >= 4 is 23.4 Å². The minimum absolute atomic E-state index is 0.0839. The predicted octanol–water partition coefficient (Wildman–Crippen LogP) is 5.01. The Bertz CT molecular complexity index is 1120. The lowest BCUT2D eigenvalue weighted by Crippen LogP contribution is -2.23. The average molecular weight is 419 g/mol. The third-order valence-corrected chi connectivity index (χ3v) is 5.66. The summed E-state index contributed by atoms with van der Waals surface area (Å²) in [6.45, 7) is 4.44. The average Bonchev–Trinajstić information content (AvgIpc) is 3.39. The summed E-state index contributed by atoms with van der Waals surface area (Å²) in [5.41, 5.74) is 3.00. The van der Waals surface area contributed by atoms with E-state index in [1.165, 1.54) is 11.8 Å². The molecule has 0 aliphatic rings. The zero-order valence-corrected chi connectivity index (χ0v) is 17.6. The van der Waals surface area contributed by atoms with Gasteiger partial charge in [-0.3, -0.25) is 9.36 Å². The van der Waals surface area contributed by atoms with E-state index in [0.29, 0.717) is 23.3 Å². The van der Waals surface area contributed by atoms with Gasteiger partial charge in [-0.1, -0.05) is 54.2 Å². The van der Waals surface area contributed by atoms with Crippen molar-refractivity contribution < 1.29 is 9.21 Å². The highest BCUT2D eigenvalue weighted by Gasteiger charge is 2.22. The SMILES string of the molecule is Cc1cccc(NC(=O)[C@@H](C)Sc2nnc(-c3ccco3)n2Cc2ccccc2)c1. The zero-order chi connectivity index (χ0) is 20.9. The fourth-order valence-corrected chi connectivity index (χ4v) is 3.90. The molecule has 4 aromatic rings. The van der Waals surface area contributed by atoms with Gasteiger partial charge in [0, 0.05) is 5.69 Å². The standard InChI is InChI=1S/C23H22N4O2S/c1-16-8-6-11-19(14-16)24-22(28)17(2)30-23-26-25-21(20-12-7-13-29-20)27(23)15-18-9-4-3-5-10-18/h3-14,17H,15H2,1-2H3,(H,24,28)/t17-/m1/s1. The molecule has 0 radical (unpaired) electrons. The molecule has 152 valence electrons. The van der Waals surface area contributed by atoms with Crippen molar-refractivity contribution in [1.29, 1.82) is 0 Å². The van der Waals surface area contributed by atoms with Crippen LogP contribution in [0.2, 0.25) is 0 Å². The van der Waals surface area contributed by atoms with Gasteiger partial charge in [0.25, 0.3) is 0 Å². The lowest BCUT2D eigenvalue weighted by molar-refractivity contribution is -0.115. The number of thioether (sulfide) groups is 1. The van der Waals surface area contributed by atoms with Crippen LogP contribution in [0.5, 0.6) is 0 Å². The highest BCUT2D eigenvalue weighted by atomic mass is 32.2. The van der Waals surface area contributed by atoms with Crippen molar-refractivity contribution in [2.24, 2.45) is 0 Å². The Kier molecular flexibility index (Phi) is 5.99. The lowest BCUT2D eigenvalue weighted by atomic mass is 10.2. The normalized spacial score (nSPS) is 11.9. The van der Waals surface area contributed by atoms with Gasteiger partial charge in [0.2, 0.25) is 11.7 Å². The number of rotatable bonds is 7. The first-order valence-corrected chi connectivity index (χ1v) is 10.5.